The van der Waals surface area contributed by atoms with E-state index in [1.165, 1.54) is 4.88 Å². The predicted octanol–water partition coefficient (Wildman–Crippen LogP) is 1.30. The Kier molecular flexibility index (Phi) is 4.49. The number of rotatable bonds is 5. The van der Waals surface area contributed by atoms with E-state index in [0.29, 0.717) is 0 Å². The predicted molar refractivity (Wildman–Crippen MR) is 68.2 cm³/mol. The lowest BCUT2D eigenvalue weighted by molar-refractivity contribution is 0.566. The average molecular weight is 262 g/mol. The van der Waals surface area contributed by atoms with Crippen LogP contribution >= 0.6 is 11.3 Å². The summed E-state index contributed by atoms with van der Waals surface area (Å²) in [7, 11) is -3.26. The molecule has 0 saturated heterocycles. The summed E-state index contributed by atoms with van der Waals surface area (Å²) < 4.78 is 25.7. The van der Waals surface area contributed by atoms with Crippen molar-refractivity contribution in [1.82, 2.24) is 4.72 Å². The molecule has 3 N–H and O–H groups in total. The van der Waals surface area contributed by atoms with Gasteiger partial charge in [-0.25, -0.2) is 13.1 Å². The van der Waals surface area contributed by atoms with Crippen molar-refractivity contribution in [3.8, 4) is 0 Å². The number of nitrogens with one attached hydrogen (secondary N) is 1. The second-order valence-electron chi connectivity index (χ2n) is 3.82. The van der Waals surface area contributed by atoms with Gasteiger partial charge in [-0.15, -0.1) is 11.3 Å². The maximum atomic E-state index is 11.5. The molecule has 92 valence electrons. The standard InChI is InChI=1S/C10H18N2O2S2/c1-7-6-10(9(3)15-7)8(2)12-16(13,14)5-4-11/h6,8,12H,4-5,11H2,1-3H3. The Morgan fingerprint density at radius 1 is 1.50 bits per heavy atom. The zero-order valence-corrected chi connectivity index (χ0v) is 11.4. The van der Waals surface area contributed by atoms with Crippen molar-refractivity contribution in [2.45, 2.75) is 26.8 Å². The van der Waals surface area contributed by atoms with Gasteiger partial charge in [0.25, 0.3) is 0 Å². The van der Waals surface area contributed by atoms with Crippen LogP contribution in [0.15, 0.2) is 6.07 Å². The number of sulfonamides is 1. The van der Waals surface area contributed by atoms with E-state index in [2.05, 4.69) is 4.72 Å². The first kappa shape index (κ1) is 13.6. The topological polar surface area (TPSA) is 72.2 Å². The molecule has 1 heterocycles. The Morgan fingerprint density at radius 3 is 2.56 bits per heavy atom. The molecule has 0 spiro atoms. The minimum atomic E-state index is -3.26. The summed E-state index contributed by atoms with van der Waals surface area (Å²) in [4.78, 5) is 2.35. The molecule has 0 aromatic carbocycles. The van der Waals surface area contributed by atoms with E-state index in [0.717, 1.165) is 10.4 Å². The maximum absolute atomic E-state index is 11.5. The number of hydrogen-bond donors (Lipinski definition) is 2. The van der Waals surface area contributed by atoms with Crippen molar-refractivity contribution >= 4 is 21.4 Å². The lowest BCUT2D eigenvalue weighted by atomic mass is 10.1. The van der Waals surface area contributed by atoms with Gasteiger partial charge in [0.15, 0.2) is 0 Å². The van der Waals surface area contributed by atoms with E-state index in [1.807, 2.05) is 26.8 Å². The first-order valence-corrected chi connectivity index (χ1v) is 7.59. The second-order valence-corrected chi connectivity index (χ2v) is 7.15. The summed E-state index contributed by atoms with van der Waals surface area (Å²) in [5, 5.41) is 0. The summed E-state index contributed by atoms with van der Waals surface area (Å²) in [6.07, 6.45) is 0. The number of aryl methyl sites for hydroxylation is 2. The van der Waals surface area contributed by atoms with E-state index < -0.39 is 10.0 Å². The monoisotopic (exact) mass is 262 g/mol. The van der Waals surface area contributed by atoms with Crippen LogP contribution in [0.5, 0.6) is 0 Å². The molecule has 4 nitrogen and oxygen atoms in total. The smallest absolute Gasteiger partial charge is 0.213 e. The largest absolute Gasteiger partial charge is 0.329 e. The molecule has 1 aromatic rings. The van der Waals surface area contributed by atoms with Crippen LogP contribution in [-0.2, 0) is 10.0 Å². The molecule has 16 heavy (non-hydrogen) atoms. The van der Waals surface area contributed by atoms with Gasteiger partial charge in [-0.1, -0.05) is 0 Å². The van der Waals surface area contributed by atoms with Gasteiger partial charge in [-0.05, 0) is 32.4 Å². The molecule has 0 fully saturated rings. The summed E-state index contributed by atoms with van der Waals surface area (Å²) in [5.74, 6) is -0.0283. The highest BCUT2D eigenvalue weighted by atomic mass is 32.2. The minimum absolute atomic E-state index is 0.0283. The maximum Gasteiger partial charge on any atom is 0.213 e. The minimum Gasteiger partial charge on any atom is -0.329 e. The Labute approximate surface area is 101 Å². The SMILES string of the molecule is Cc1cc(C(C)NS(=O)(=O)CCN)c(C)s1. The van der Waals surface area contributed by atoms with E-state index >= 15 is 0 Å². The van der Waals surface area contributed by atoms with Gasteiger partial charge >= 0.3 is 0 Å². The molecule has 0 radical (unpaired) electrons. The fourth-order valence-corrected chi connectivity index (χ4v) is 3.74. The van der Waals surface area contributed by atoms with Crippen molar-refractivity contribution in [3.63, 3.8) is 0 Å². The molecular formula is C10H18N2O2S2. The summed E-state index contributed by atoms with van der Waals surface area (Å²) >= 11 is 1.68. The number of thiophene rings is 1. The lowest BCUT2D eigenvalue weighted by Crippen LogP contribution is -2.31. The fourth-order valence-electron chi connectivity index (χ4n) is 1.63. The average Bonchev–Trinajstić information content (AvgIpc) is 2.44. The summed E-state index contributed by atoms with van der Waals surface area (Å²) in [6, 6.07) is 1.83. The van der Waals surface area contributed by atoms with Gasteiger partial charge in [0, 0.05) is 22.3 Å². The molecule has 0 amide bonds. The van der Waals surface area contributed by atoms with Crippen LogP contribution in [0.4, 0.5) is 0 Å². The quantitative estimate of drug-likeness (QED) is 0.840. The molecule has 1 unspecified atom stereocenters. The third kappa shape index (κ3) is 3.55. The molecule has 0 saturated carbocycles. The molecule has 0 aliphatic carbocycles. The highest BCUT2D eigenvalue weighted by molar-refractivity contribution is 7.89. The highest BCUT2D eigenvalue weighted by Crippen LogP contribution is 2.26. The van der Waals surface area contributed by atoms with Gasteiger partial charge in [0.1, 0.15) is 0 Å². The normalized spacial score (nSPS) is 14.0. The Balaban J connectivity index is 2.80. The molecule has 1 atom stereocenters. The third-order valence-electron chi connectivity index (χ3n) is 2.29. The van der Waals surface area contributed by atoms with Gasteiger partial charge in [-0.3, -0.25) is 0 Å². The molecule has 0 aliphatic heterocycles. The second kappa shape index (κ2) is 5.27. The van der Waals surface area contributed by atoms with Crippen LogP contribution in [0.1, 0.15) is 28.3 Å². The summed E-state index contributed by atoms with van der Waals surface area (Å²) in [6.45, 7) is 6.01. The van der Waals surface area contributed by atoms with Gasteiger partial charge in [-0.2, -0.15) is 0 Å². The number of hydrogen-bond acceptors (Lipinski definition) is 4. The Morgan fingerprint density at radius 2 is 2.12 bits per heavy atom. The van der Waals surface area contributed by atoms with E-state index in [9.17, 15) is 8.42 Å². The Bertz CT molecular complexity index is 451. The van der Waals surface area contributed by atoms with Crippen molar-refractivity contribution < 1.29 is 8.42 Å². The van der Waals surface area contributed by atoms with Crippen molar-refractivity contribution in [3.05, 3.63) is 21.4 Å². The van der Waals surface area contributed by atoms with E-state index in [1.54, 1.807) is 11.3 Å². The zero-order chi connectivity index (χ0) is 12.3. The van der Waals surface area contributed by atoms with Gasteiger partial charge in [0.2, 0.25) is 10.0 Å². The first-order chi connectivity index (χ1) is 7.35. The third-order valence-corrected chi connectivity index (χ3v) is 4.76. The van der Waals surface area contributed by atoms with E-state index in [-0.39, 0.29) is 18.3 Å². The van der Waals surface area contributed by atoms with Crippen LogP contribution in [0.2, 0.25) is 0 Å². The van der Waals surface area contributed by atoms with Crippen LogP contribution in [0.25, 0.3) is 0 Å². The highest BCUT2D eigenvalue weighted by Gasteiger charge is 2.17. The van der Waals surface area contributed by atoms with Crippen LogP contribution < -0.4 is 10.5 Å². The van der Waals surface area contributed by atoms with E-state index in [4.69, 9.17) is 5.73 Å². The molecular weight excluding hydrogens is 244 g/mol. The van der Waals surface area contributed by atoms with Crippen LogP contribution in [-0.4, -0.2) is 20.7 Å². The van der Waals surface area contributed by atoms with Gasteiger partial charge in [0.05, 0.1) is 5.75 Å². The van der Waals surface area contributed by atoms with Crippen molar-refractivity contribution in [2.75, 3.05) is 12.3 Å². The molecule has 1 rings (SSSR count). The summed E-state index contributed by atoms with van der Waals surface area (Å²) in [5.41, 5.74) is 6.29. The Hall–Kier alpha value is -0.430. The molecule has 1 aromatic heterocycles. The van der Waals surface area contributed by atoms with Crippen molar-refractivity contribution in [1.29, 1.82) is 0 Å². The van der Waals surface area contributed by atoms with Gasteiger partial charge < -0.3 is 5.73 Å². The van der Waals surface area contributed by atoms with Crippen LogP contribution in [0.3, 0.4) is 0 Å². The molecule has 0 aliphatic rings. The zero-order valence-electron chi connectivity index (χ0n) is 9.78. The number of nitrogens with two attached hydrogens (primary N) is 1. The molecule has 6 heteroatoms. The van der Waals surface area contributed by atoms with Crippen LogP contribution in [0, 0.1) is 13.8 Å². The van der Waals surface area contributed by atoms with Crippen molar-refractivity contribution in [2.24, 2.45) is 5.73 Å². The lowest BCUT2D eigenvalue weighted by Gasteiger charge is -2.13. The fraction of sp³-hybridized carbons (Fsp3) is 0.600. The first-order valence-electron chi connectivity index (χ1n) is 5.12. The molecule has 0 bridgehead atoms.